The van der Waals surface area contributed by atoms with E-state index >= 15 is 0 Å². The zero-order valence-electron chi connectivity index (χ0n) is 9.82. The topological polar surface area (TPSA) is 111 Å². The lowest BCUT2D eigenvalue weighted by Gasteiger charge is -2.29. The normalized spacial score (nSPS) is 13.1. The lowest BCUT2D eigenvalue weighted by molar-refractivity contribution is 0.0877. The molecular weight excluding hydrogens is 210 g/mol. The number of nitrogens with one attached hydrogen (secondary N) is 1. The van der Waals surface area contributed by atoms with Gasteiger partial charge >= 0.3 is 0 Å². The smallest absolute Gasteiger partial charge is 0.139 e. The zero-order chi connectivity index (χ0) is 12.4. The molecule has 0 atom stereocenters. The second kappa shape index (κ2) is 8.32. The van der Waals surface area contributed by atoms with Gasteiger partial charge in [0.05, 0.1) is 18.8 Å². The Morgan fingerprint density at radius 1 is 1.31 bits per heavy atom. The largest absolute Gasteiger partial charge is 0.409 e. The number of aliphatic hydroxyl groups is 2. The van der Waals surface area contributed by atoms with Gasteiger partial charge in [-0.15, -0.1) is 0 Å². The van der Waals surface area contributed by atoms with E-state index in [1.807, 2.05) is 6.92 Å². The van der Waals surface area contributed by atoms with Gasteiger partial charge in [0.25, 0.3) is 0 Å². The van der Waals surface area contributed by atoms with Gasteiger partial charge in [-0.25, -0.2) is 0 Å². The van der Waals surface area contributed by atoms with E-state index in [0.717, 1.165) is 12.8 Å². The molecule has 0 saturated heterocycles. The number of oxime groups is 1. The van der Waals surface area contributed by atoms with Crippen molar-refractivity contribution in [1.29, 1.82) is 0 Å². The molecule has 0 saturated carbocycles. The van der Waals surface area contributed by atoms with Crippen LogP contribution in [-0.2, 0) is 0 Å². The standard InChI is InChI=1S/C10H23N3O3/c1-2-10(7-14,8-15)12-6-4-3-5-9(11)13-16/h12,14-16H,2-8H2,1H3,(H2,11,13). The summed E-state index contributed by atoms with van der Waals surface area (Å²) in [5.74, 6) is 0.228. The van der Waals surface area contributed by atoms with Crippen molar-refractivity contribution in [3.05, 3.63) is 0 Å². The summed E-state index contributed by atoms with van der Waals surface area (Å²) >= 11 is 0. The van der Waals surface area contributed by atoms with Crippen LogP contribution in [0.1, 0.15) is 32.6 Å². The van der Waals surface area contributed by atoms with Crippen molar-refractivity contribution in [2.45, 2.75) is 38.1 Å². The highest BCUT2D eigenvalue weighted by Crippen LogP contribution is 2.08. The summed E-state index contributed by atoms with van der Waals surface area (Å²) in [5, 5.41) is 32.7. The van der Waals surface area contributed by atoms with Crippen molar-refractivity contribution in [2.24, 2.45) is 10.9 Å². The molecule has 0 bridgehead atoms. The third-order valence-electron chi connectivity index (χ3n) is 2.77. The molecule has 0 aliphatic heterocycles. The average Bonchev–Trinajstić information content (AvgIpc) is 2.34. The number of hydrogen-bond acceptors (Lipinski definition) is 5. The maximum atomic E-state index is 9.16. The minimum Gasteiger partial charge on any atom is -0.409 e. The predicted octanol–water partition coefficient (Wildman–Crippen LogP) is -0.374. The Balaban J connectivity index is 3.71. The van der Waals surface area contributed by atoms with E-state index in [1.54, 1.807) is 0 Å². The van der Waals surface area contributed by atoms with Gasteiger partial charge in [-0.3, -0.25) is 0 Å². The molecule has 0 radical (unpaired) electrons. The van der Waals surface area contributed by atoms with Gasteiger partial charge < -0.3 is 26.5 Å². The van der Waals surface area contributed by atoms with Crippen molar-refractivity contribution in [3.63, 3.8) is 0 Å². The summed E-state index contributed by atoms with van der Waals surface area (Å²) in [7, 11) is 0. The minimum atomic E-state index is -0.587. The monoisotopic (exact) mass is 233 g/mol. The molecule has 96 valence electrons. The molecule has 6 N–H and O–H groups in total. The van der Waals surface area contributed by atoms with Gasteiger partial charge in [0.15, 0.2) is 0 Å². The first-order valence-corrected chi connectivity index (χ1v) is 5.57. The lowest BCUT2D eigenvalue weighted by atomic mass is 9.98. The van der Waals surface area contributed by atoms with Gasteiger partial charge in [-0.1, -0.05) is 12.1 Å². The van der Waals surface area contributed by atoms with Gasteiger partial charge in [0.1, 0.15) is 5.84 Å². The third kappa shape index (κ3) is 5.29. The van der Waals surface area contributed by atoms with Crippen molar-refractivity contribution < 1.29 is 15.4 Å². The number of hydrogen-bond donors (Lipinski definition) is 5. The molecule has 0 aromatic carbocycles. The zero-order valence-corrected chi connectivity index (χ0v) is 9.82. The number of aliphatic hydroxyl groups excluding tert-OH is 2. The van der Waals surface area contributed by atoms with Crippen LogP contribution in [0, 0.1) is 0 Å². The maximum absolute atomic E-state index is 9.16. The second-order valence-corrected chi connectivity index (χ2v) is 3.93. The summed E-state index contributed by atoms with van der Waals surface area (Å²) < 4.78 is 0. The fourth-order valence-corrected chi connectivity index (χ4v) is 1.35. The molecule has 0 heterocycles. The molecule has 0 amide bonds. The summed E-state index contributed by atoms with van der Waals surface area (Å²) in [5.41, 5.74) is 4.73. The van der Waals surface area contributed by atoms with Crippen molar-refractivity contribution in [2.75, 3.05) is 19.8 Å². The summed E-state index contributed by atoms with van der Waals surface area (Å²) in [6, 6.07) is 0. The van der Waals surface area contributed by atoms with Gasteiger partial charge in [-0.05, 0) is 25.8 Å². The molecule has 0 aromatic rings. The second-order valence-electron chi connectivity index (χ2n) is 3.93. The van der Waals surface area contributed by atoms with E-state index in [9.17, 15) is 0 Å². The number of rotatable bonds is 9. The van der Waals surface area contributed by atoms with Crippen molar-refractivity contribution >= 4 is 5.84 Å². The quantitative estimate of drug-likeness (QED) is 0.123. The number of nitrogens with two attached hydrogens (primary N) is 1. The first-order chi connectivity index (χ1) is 7.64. The Bertz CT molecular complexity index is 197. The van der Waals surface area contributed by atoms with Crippen LogP contribution in [0.25, 0.3) is 0 Å². The van der Waals surface area contributed by atoms with E-state index < -0.39 is 5.54 Å². The van der Waals surface area contributed by atoms with Crippen molar-refractivity contribution in [3.8, 4) is 0 Å². The fourth-order valence-electron chi connectivity index (χ4n) is 1.35. The fraction of sp³-hybridized carbons (Fsp3) is 0.900. The van der Waals surface area contributed by atoms with Crippen LogP contribution in [0.4, 0.5) is 0 Å². The predicted molar refractivity (Wildman–Crippen MR) is 62.5 cm³/mol. The van der Waals surface area contributed by atoms with E-state index in [4.69, 9.17) is 21.2 Å². The number of nitrogens with zero attached hydrogens (tertiary/aromatic N) is 1. The third-order valence-corrected chi connectivity index (χ3v) is 2.77. The molecule has 0 fully saturated rings. The van der Waals surface area contributed by atoms with E-state index in [0.29, 0.717) is 19.4 Å². The summed E-state index contributed by atoms with van der Waals surface area (Å²) in [6.45, 7) is 2.43. The highest BCUT2D eigenvalue weighted by molar-refractivity contribution is 5.79. The highest BCUT2D eigenvalue weighted by Gasteiger charge is 2.24. The van der Waals surface area contributed by atoms with Crippen LogP contribution in [0.2, 0.25) is 0 Å². The van der Waals surface area contributed by atoms with Crippen LogP contribution in [-0.4, -0.2) is 46.6 Å². The molecule has 0 spiro atoms. The minimum absolute atomic E-state index is 0.0831. The van der Waals surface area contributed by atoms with E-state index in [2.05, 4.69) is 10.5 Å². The first kappa shape index (κ1) is 15.2. The van der Waals surface area contributed by atoms with Gasteiger partial charge in [0.2, 0.25) is 0 Å². The van der Waals surface area contributed by atoms with Crippen LogP contribution in [0.3, 0.4) is 0 Å². The molecule has 6 heteroatoms. The lowest BCUT2D eigenvalue weighted by Crippen LogP contribution is -2.51. The summed E-state index contributed by atoms with van der Waals surface area (Å²) in [4.78, 5) is 0. The molecule has 0 unspecified atom stereocenters. The Labute approximate surface area is 96.1 Å². The molecule has 0 aliphatic carbocycles. The maximum Gasteiger partial charge on any atom is 0.139 e. The van der Waals surface area contributed by atoms with Crippen LogP contribution in [0.15, 0.2) is 5.16 Å². The van der Waals surface area contributed by atoms with Crippen molar-refractivity contribution in [1.82, 2.24) is 5.32 Å². The summed E-state index contributed by atoms with van der Waals surface area (Å²) in [6.07, 6.45) is 2.87. The van der Waals surface area contributed by atoms with Gasteiger partial charge in [0, 0.05) is 6.42 Å². The van der Waals surface area contributed by atoms with Gasteiger partial charge in [-0.2, -0.15) is 0 Å². The molecule has 6 nitrogen and oxygen atoms in total. The molecule has 0 rings (SSSR count). The van der Waals surface area contributed by atoms with Crippen LogP contribution < -0.4 is 11.1 Å². The Morgan fingerprint density at radius 2 is 1.94 bits per heavy atom. The molecule has 16 heavy (non-hydrogen) atoms. The van der Waals surface area contributed by atoms with Crippen LogP contribution in [0.5, 0.6) is 0 Å². The SMILES string of the molecule is CCC(CO)(CO)NCCCCC(N)=NO. The van der Waals surface area contributed by atoms with Crippen LogP contribution >= 0.6 is 0 Å². The van der Waals surface area contributed by atoms with E-state index in [-0.39, 0.29) is 19.0 Å². The molecule has 0 aromatic heterocycles. The molecule has 0 aliphatic rings. The first-order valence-electron chi connectivity index (χ1n) is 5.57. The number of unbranched alkanes of at least 4 members (excludes halogenated alkanes) is 1. The molecular formula is C10H23N3O3. The Kier molecular flexibility index (Phi) is 7.88. The highest BCUT2D eigenvalue weighted by atomic mass is 16.4. The number of amidine groups is 1. The Hall–Kier alpha value is -0.850. The Morgan fingerprint density at radius 3 is 2.38 bits per heavy atom. The van der Waals surface area contributed by atoms with E-state index in [1.165, 1.54) is 0 Å². The average molecular weight is 233 g/mol.